The molecular weight excluding hydrogens is 234 g/mol. The summed E-state index contributed by atoms with van der Waals surface area (Å²) >= 11 is 3.14. The lowest BCUT2D eigenvalue weighted by molar-refractivity contribution is -0.136. The van der Waals surface area contributed by atoms with Crippen molar-refractivity contribution >= 4 is 29.1 Å². The van der Waals surface area contributed by atoms with Crippen molar-refractivity contribution in [3.8, 4) is 0 Å². The minimum atomic E-state index is -0.837. The number of thiazole rings is 1. The highest BCUT2D eigenvalue weighted by Gasteiger charge is 2.06. The number of carboxylic acid groups (broad SMARTS) is 1. The molecule has 1 N–H and O–H groups in total. The smallest absolute Gasteiger partial charge is 0.309 e. The maximum atomic E-state index is 10.4. The van der Waals surface area contributed by atoms with Crippen LogP contribution in [0.3, 0.4) is 0 Å². The van der Waals surface area contributed by atoms with Gasteiger partial charge in [0.25, 0.3) is 0 Å². The van der Waals surface area contributed by atoms with Crippen molar-refractivity contribution in [1.82, 2.24) is 4.98 Å². The van der Waals surface area contributed by atoms with Crippen molar-refractivity contribution in [2.45, 2.75) is 17.2 Å². The van der Waals surface area contributed by atoms with Gasteiger partial charge in [-0.1, -0.05) is 11.8 Å². The second-order valence-electron chi connectivity index (χ2n) is 2.87. The number of carboxylic acids is 1. The summed E-state index contributed by atoms with van der Waals surface area (Å²) < 4.78 is 5.86. The van der Waals surface area contributed by atoms with E-state index in [4.69, 9.17) is 9.84 Å². The average molecular weight is 247 g/mol. The van der Waals surface area contributed by atoms with Crippen molar-refractivity contribution in [2.24, 2.45) is 0 Å². The van der Waals surface area contributed by atoms with Gasteiger partial charge in [0.15, 0.2) is 0 Å². The summed E-state index contributed by atoms with van der Waals surface area (Å²) in [7, 11) is 1.68. The summed E-state index contributed by atoms with van der Waals surface area (Å²) in [4.78, 5) is 14.6. The van der Waals surface area contributed by atoms with Crippen molar-refractivity contribution in [1.29, 1.82) is 0 Å². The summed E-state index contributed by atoms with van der Waals surface area (Å²) in [5, 5.41) is 10.4. The third-order valence-corrected chi connectivity index (χ3v) is 3.74. The Hall–Kier alpha value is -0.590. The van der Waals surface area contributed by atoms with E-state index in [1.165, 1.54) is 11.3 Å². The first-order valence-corrected chi connectivity index (χ1v) is 6.37. The van der Waals surface area contributed by atoms with Crippen LogP contribution in [0.15, 0.2) is 9.72 Å². The zero-order valence-electron chi connectivity index (χ0n) is 8.43. The van der Waals surface area contributed by atoms with Crippen molar-refractivity contribution in [3.05, 3.63) is 11.1 Å². The number of aromatic nitrogens is 1. The Bertz CT molecular complexity index is 314. The molecule has 0 aliphatic rings. The average Bonchev–Trinajstić information content (AvgIpc) is 2.59. The molecule has 0 aromatic carbocycles. The van der Waals surface area contributed by atoms with Crippen LogP contribution in [0.2, 0.25) is 0 Å². The van der Waals surface area contributed by atoms with E-state index >= 15 is 0 Å². The predicted molar refractivity (Wildman–Crippen MR) is 60.7 cm³/mol. The van der Waals surface area contributed by atoms with Gasteiger partial charge in [-0.15, -0.1) is 11.3 Å². The fourth-order valence-corrected chi connectivity index (χ4v) is 2.78. The number of hydrogen-bond donors (Lipinski definition) is 1. The molecule has 1 aromatic rings. The fraction of sp³-hybridized carbons (Fsp3) is 0.556. The Kier molecular flexibility index (Phi) is 5.67. The van der Waals surface area contributed by atoms with Crippen molar-refractivity contribution in [3.63, 3.8) is 0 Å². The van der Waals surface area contributed by atoms with E-state index < -0.39 is 5.97 Å². The fourth-order valence-electron chi connectivity index (χ4n) is 0.954. The summed E-state index contributed by atoms with van der Waals surface area (Å²) in [6, 6.07) is 0. The van der Waals surface area contributed by atoms with Crippen LogP contribution >= 0.6 is 23.1 Å². The highest BCUT2D eigenvalue weighted by Crippen LogP contribution is 2.23. The SMILES string of the molecule is COCCCSc1nc(CC(=O)O)cs1. The van der Waals surface area contributed by atoms with Crippen LogP contribution in [0, 0.1) is 0 Å². The Morgan fingerprint density at radius 3 is 3.20 bits per heavy atom. The lowest BCUT2D eigenvalue weighted by Gasteiger charge is -1.96. The molecule has 0 spiro atoms. The molecule has 6 heteroatoms. The first kappa shape index (κ1) is 12.5. The van der Waals surface area contributed by atoms with E-state index in [1.54, 1.807) is 24.3 Å². The van der Waals surface area contributed by atoms with E-state index in [9.17, 15) is 4.79 Å². The topological polar surface area (TPSA) is 59.4 Å². The lowest BCUT2D eigenvalue weighted by Crippen LogP contribution is -1.99. The molecule has 1 rings (SSSR count). The maximum absolute atomic E-state index is 10.4. The van der Waals surface area contributed by atoms with Crippen molar-refractivity contribution in [2.75, 3.05) is 19.5 Å². The molecule has 0 amide bonds. The first-order valence-electron chi connectivity index (χ1n) is 4.50. The highest BCUT2D eigenvalue weighted by molar-refractivity contribution is 8.00. The lowest BCUT2D eigenvalue weighted by atomic mass is 10.3. The molecule has 0 unspecified atom stereocenters. The zero-order valence-corrected chi connectivity index (χ0v) is 10.1. The second-order valence-corrected chi connectivity index (χ2v) is 5.07. The van der Waals surface area contributed by atoms with E-state index in [1.807, 2.05) is 0 Å². The Balaban J connectivity index is 2.29. The molecular formula is C9H13NO3S2. The van der Waals surface area contributed by atoms with Gasteiger partial charge in [0, 0.05) is 24.8 Å². The summed E-state index contributed by atoms with van der Waals surface area (Å²) in [6.07, 6.45) is 0.990. The molecule has 0 atom stereocenters. The minimum absolute atomic E-state index is 0.00906. The van der Waals surface area contributed by atoms with Gasteiger partial charge >= 0.3 is 5.97 Å². The minimum Gasteiger partial charge on any atom is -0.481 e. The molecule has 0 saturated carbocycles. The van der Waals surface area contributed by atoms with Crippen LogP contribution < -0.4 is 0 Å². The Morgan fingerprint density at radius 2 is 2.53 bits per heavy atom. The molecule has 0 saturated heterocycles. The van der Waals surface area contributed by atoms with Gasteiger partial charge in [0.1, 0.15) is 4.34 Å². The molecule has 0 aliphatic carbocycles. The number of hydrogen-bond acceptors (Lipinski definition) is 5. The van der Waals surface area contributed by atoms with Crippen LogP contribution in [-0.2, 0) is 16.0 Å². The van der Waals surface area contributed by atoms with Crippen LogP contribution in [0.1, 0.15) is 12.1 Å². The zero-order chi connectivity index (χ0) is 11.1. The molecule has 0 bridgehead atoms. The Labute approximate surface area is 96.7 Å². The number of ether oxygens (including phenoxy) is 1. The number of carbonyl (C=O) groups is 1. The van der Waals surface area contributed by atoms with Crippen molar-refractivity contribution < 1.29 is 14.6 Å². The number of methoxy groups -OCH3 is 1. The monoisotopic (exact) mass is 247 g/mol. The normalized spacial score (nSPS) is 10.5. The second kappa shape index (κ2) is 6.81. The molecule has 4 nitrogen and oxygen atoms in total. The predicted octanol–water partition coefficient (Wildman–Crippen LogP) is 1.90. The highest BCUT2D eigenvalue weighted by atomic mass is 32.2. The van der Waals surface area contributed by atoms with Crippen LogP contribution in [0.4, 0.5) is 0 Å². The molecule has 1 aromatic heterocycles. The van der Waals surface area contributed by atoms with Gasteiger partial charge in [-0.3, -0.25) is 4.79 Å². The quantitative estimate of drug-likeness (QED) is 0.589. The Morgan fingerprint density at radius 1 is 1.73 bits per heavy atom. The van der Waals surface area contributed by atoms with Gasteiger partial charge in [-0.05, 0) is 6.42 Å². The van der Waals surface area contributed by atoms with E-state index in [0.29, 0.717) is 5.69 Å². The maximum Gasteiger partial charge on any atom is 0.309 e. The number of rotatable bonds is 7. The molecule has 0 fully saturated rings. The molecule has 15 heavy (non-hydrogen) atoms. The van der Waals surface area contributed by atoms with E-state index in [2.05, 4.69) is 4.98 Å². The largest absolute Gasteiger partial charge is 0.481 e. The van der Waals surface area contributed by atoms with E-state index in [0.717, 1.165) is 23.1 Å². The van der Waals surface area contributed by atoms with Crippen LogP contribution in [-0.4, -0.2) is 35.5 Å². The van der Waals surface area contributed by atoms with E-state index in [-0.39, 0.29) is 6.42 Å². The number of aliphatic carboxylic acids is 1. The first-order chi connectivity index (χ1) is 7.22. The van der Waals surface area contributed by atoms with Crippen LogP contribution in [0.25, 0.3) is 0 Å². The van der Waals surface area contributed by atoms with Crippen LogP contribution in [0.5, 0.6) is 0 Å². The summed E-state index contributed by atoms with van der Waals surface area (Å²) in [5.74, 6) is 0.115. The van der Waals surface area contributed by atoms with Gasteiger partial charge in [-0.25, -0.2) is 4.98 Å². The summed E-state index contributed by atoms with van der Waals surface area (Å²) in [6.45, 7) is 0.750. The van der Waals surface area contributed by atoms with Gasteiger partial charge in [0.2, 0.25) is 0 Å². The van der Waals surface area contributed by atoms with Gasteiger partial charge in [-0.2, -0.15) is 0 Å². The molecule has 0 radical (unpaired) electrons. The molecule has 1 heterocycles. The number of thioether (sulfide) groups is 1. The third-order valence-electron chi connectivity index (χ3n) is 1.58. The van der Waals surface area contributed by atoms with Gasteiger partial charge < -0.3 is 9.84 Å². The number of nitrogens with zero attached hydrogens (tertiary/aromatic N) is 1. The summed E-state index contributed by atoms with van der Waals surface area (Å²) in [5.41, 5.74) is 0.641. The van der Waals surface area contributed by atoms with Gasteiger partial charge in [0.05, 0.1) is 12.1 Å². The third kappa shape index (κ3) is 5.15. The molecule has 0 aliphatic heterocycles. The standard InChI is InChI=1S/C9H13NO3S2/c1-13-3-2-4-14-9-10-7(6-15-9)5-8(11)12/h6H,2-5H2,1H3,(H,11,12). The molecule has 84 valence electrons.